The number of oxime groups is 1. The van der Waals surface area contributed by atoms with Gasteiger partial charge >= 0.3 is 0 Å². The van der Waals surface area contributed by atoms with E-state index in [0.717, 1.165) is 4.90 Å². The van der Waals surface area contributed by atoms with Crippen molar-refractivity contribution in [3.8, 4) is 0 Å². The second-order valence-corrected chi connectivity index (χ2v) is 4.05. The maximum absolute atomic E-state index is 8.42. The van der Waals surface area contributed by atoms with E-state index in [-0.39, 0.29) is 11.1 Å². The maximum Gasteiger partial charge on any atom is 0.152 e. The molecule has 0 saturated carbocycles. The molecule has 1 aromatic heterocycles. The molecule has 72 valence electrons. The summed E-state index contributed by atoms with van der Waals surface area (Å²) in [5.41, 5.74) is 5.42. The molecule has 0 aliphatic heterocycles. The summed E-state index contributed by atoms with van der Waals surface area (Å²) in [7, 11) is 1.85. The molecule has 0 saturated heterocycles. The highest BCUT2D eigenvalue weighted by atomic mass is 32.2. The van der Waals surface area contributed by atoms with E-state index in [4.69, 9.17) is 10.9 Å². The zero-order valence-corrected chi connectivity index (χ0v) is 8.32. The normalized spacial score (nSPS) is 14.5. The Kier molecular flexibility index (Phi) is 3.18. The van der Waals surface area contributed by atoms with Crippen LogP contribution in [0.2, 0.25) is 0 Å². The predicted molar refractivity (Wildman–Crippen MR) is 51.9 cm³/mol. The smallest absolute Gasteiger partial charge is 0.152 e. The van der Waals surface area contributed by atoms with Crippen LogP contribution >= 0.6 is 11.8 Å². The van der Waals surface area contributed by atoms with Crippen LogP contribution in [0.25, 0.3) is 0 Å². The SMILES string of the molecule is CC(Sc1cnn(C)c1)/C(N)=N/O. The summed E-state index contributed by atoms with van der Waals surface area (Å²) in [6.45, 7) is 1.87. The van der Waals surface area contributed by atoms with E-state index in [9.17, 15) is 0 Å². The lowest BCUT2D eigenvalue weighted by molar-refractivity contribution is 0.317. The largest absolute Gasteiger partial charge is 0.409 e. The van der Waals surface area contributed by atoms with Crippen molar-refractivity contribution < 1.29 is 5.21 Å². The van der Waals surface area contributed by atoms with E-state index in [1.54, 1.807) is 10.9 Å². The van der Waals surface area contributed by atoms with Crippen LogP contribution in [0, 0.1) is 0 Å². The summed E-state index contributed by atoms with van der Waals surface area (Å²) < 4.78 is 1.71. The minimum absolute atomic E-state index is 0.0470. The Bertz CT molecular complexity index is 309. The standard InChI is InChI=1S/C7H12N4OS/c1-5(7(8)10-12)13-6-3-9-11(2)4-6/h3-5,12H,1-2H3,(H2,8,10). The van der Waals surface area contributed by atoms with Gasteiger partial charge in [-0.3, -0.25) is 4.68 Å². The fourth-order valence-corrected chi connectivity index (χ4v) is 1.70. The Labute approximate surface area is 80.6 Å². The third-order valence-corrected chi connectivity index (χ3v) is 2.60. The number of hydrogen-bond acceptors (Lipinski definition) is 4. The van der Waals surface area contributed by atoms with Gasteiger partial charge in [0.1, 0.15) is 0 Å². The lowest BCUT2D eigenvalue weighted by atomic mass is 10.4. The fraction of sp³-hybridized carbons (Fsp3) is 0.429. The fourth-order valence-electron chi connectivity index (χ4n) is 0.805. The Hall–Kier alpha value is -1.17. The van der Waals surface area contributed by atoms with E-state index in [2.05, 4.69) is 10.3 Å². The lowest BCUT2D eigenvalue weighted by Crippen LogP contribution is -2.23. The minimum atomic E-state index is -0.0470. The molecule has 3 N–H and O–H groups in total. The van der Waals surface area contributed by atoms with Crippen LogP contribution in [0.5, 0.6) is 0 Å². The highest BCUT2D eigenvalue weighted by molar-refractivity contribution is 8.00. The number of rotatable bonds is 3. The molecule has 0 amide bonds. The van der Waals surface area contributed by atoms with E-state index >= 15 is 0 Å². The van der Waals surface area contributed by atoms with Crippen LogP contribution in [0.3, 0.4) is 0 Å². The van der Waals surface area contributed by atoms with Crippen LogP contribution in [-0.4, -0.2) is 26.1 Å². The first-order valence-corrected chi connectivity index (χ1v) is 4.64. The Morgan fingerprint density at radius 1 is 1.85 bits per heavy atom. The molecule has 0 fully saturated rings. The van der Waals surface area contributed by atoms with E-state index in [1.165, 1.54) is 11.8 Å². The average molecular weight is 200 g/mol. The number of amidine groups is 1. The number of aromatic nitrogens is 2. The molecule has 1 unspecified atom stereocenters. The Balaban J connectivity index is 2.59. The van der Waals surface area contributed by atoms with Crippen molar-refractivity contribution in [3.05, 3.63) is 12.4 Å². The molecule has 5 nitrogen and oxygen atoms in total. The van der Waals surface area contributed by atoms with Gasteiger partial charge in [0.15, 0.2) is 5.84 Å². The van der Waals surface area contributed by atoms with Crippen molar-refractivity contribution in [1.29, 1.82) is 0 Å². The van der Waals surface area contributed by atoms with Crippen LogP contribution in [0.15, 0.2) is 22.4 Å². The monoisotopic (exact) mass is 200 g/mol. The van der Waals surface area contributed by atoms with Crippen molar-refractivity contribution in [1.82, 2.24) is 9.78 Å². The first kappa shape index (κ1) is 9.91. The summed E-state index contributed by atoms with van der Waals surface area (Å²) in [6, 6.07) is 0. The molecule has 0 aliphatic rings. The molecule has 0 radical (unpaired) electrons. The second-order valence-electron chi connectivity index (χ2n) is 2.63. The zero-order valence-electron chi connectivity index (χ0n) is 7.51. The van der Waals surface area contributed by atoms with Crippen LogP contribution in [-0.2, 0) is 7.05 Å². The van der Waals surface area contributed by atoms with E-state index < -0.39 is 0 Å². The molecule has 1 atom stereocenters. The zero-order chi connectivity index (χ0) is 9.84. The number of nitrogens with zero attached hydrogens (tertiary/aromatic N) is 3. The van der Waals surface area contributed by atoms with Crippen molar-refractivity contribution >= 4 is 17.6 Å². The summed E-state index contributed by atoms with van der Waals surface area (Å²) in [6.07, 6.45) is 3.62. The number of hydrogen-bond donors (Lipinski definition) is 2. The van der Waals surface area contributed by atoms with Gasteiger partial charge in [0.25, 0.3) is 0 Å². The molecule has 0 spiro atoms. The third kappa shape index (κ3) is 2.66. The second kappa shape index (κ2) is 4.18. The van der Waals surface area contributed by atoms with Crippen molar-refractivity contribution in [3.63, 3.8) is 0 Å². The molecular formula is C7H12N4OS. The van der Waals surface area contributed by atoms with Crippen LogP contribution in [0.1, 0.15) is 6.92 Å². The summed E-state index contributed by atoms with van der Waals surface area (Å²) in [5.74, 6) is 0.217. The minimum Gasteiger partial charge on any atom is -0.409 e. The maximum atomic E-state index is 8.42. The Morgan fingerprint density at radius 3 is 3.00 bits per heavy atom. The van der Waals surface area contributed by atoms with Gasteiger partial charge in [0, 0.05) is 18.1 Å². The quantitative estimate of drug-likeness (QED) is 0.247. The molecule has 1 aromatic rings. The third-order valence-electron chi connectivity index (χ3n) is 1.53. The summed E-state index contributed by atoms with van der Waals surface area (Å²) >= 11 is 1.50. The first-order chi connectivity index (χ1) is 6.13. The predicted octanol–water partition coefficient (Wildman–Crippen LogP) is 0.647. The van der Waals surface area contributed by atoms with Gasteiger partial charge in [0.2, 0.25) is 0 Å². The van der Waals surface area contributed by atoms with E-state index in [1.807, 2.05) is 20.2 Å². The van der Waals surface area contributed by atoms with Gasteiger partial charge in [-0.2, -0.15) is 5.10 Å². The number of nitrogens with two attached hydrogens (primary N) is 1. The molecule has 13 heavy (non-hydrogen) atoms. The van der Waals surface area contributed by atoms with Crippen LogP contribution in [0.4, 0.5) is 0 Å². The molecule has 6 heteroatoms. The van der Waals surface area contributed by atoms with Gasteiger partial charge in [-0.15, -0.1) is 11.8 Å². The topological polar surface area (TPSA) is 76.4 Å². The highest BCUT2D eigenvalue weighted by Gasteiger charge is 2.09. The molecule has 1 rings (SSSR count). The molecule has 0 bridgehead atoms. The van der Waals surface area contributed by atoms with Crippen LogP contribution < -0.4 is 5.73 Å². The molecule has 1 heterocycles. The molecule has 0 aromatic carbocycles. The highest BCUT2D eigenvalue weighted by Crippen LogP contribution is 2.21. The van der Waals surface area contributed by atoms with E-state index in [0.29, 0.717) is 0 Å². The molecule has 0 aliphatic carbocycles. The van der Waals surface area contributed by atoms with Crippen molar-refractivity contribution in [2.24, 2.45) is 17.9 Å². The van der Waals surface area contributed by atoms with Gasteiger partial charge < -0.3 is 10.9 Å². The lowest BCUT2D eigenvalue weighted by Gasteiger charge is -2.06. The summed E-state index contributed by atoms with van der Waals surface area (Å²) in [5, 5.41) is 15.3. The molecular weight excluding hydrogens is 188 g/mol. The van der Waals surface area contributed by atoms with Gasteiger partial charge in [0.05, 0.1) is 11.4 Å². The average Bonchev–Trinajstić information content (AvgIpc) is 2.49. The van der Waals surface area contributed by atoms with Crippen molar-refractivity contribution in [2.45, 2.75) is 17.1 Å². The van der Waals surface area contributed by atoms with Gasteiger partial charge in [-0.05, 0) is 6.92 Å². The van der Waals surface area contributed by atoms with Crippen molar-refractivity contribution in [2.75, 3.05) is 0 Å². The first-order valence-electron chi connectivity index (χ1n) is 3.76. The Morgan fingerprint density at radius 2 is 2.54 bits per heavy atom. The van der Waals surface area contributed by atoms with Gasteiger partial charge in [-0.1, -0.05) is 5.16 Å². The number of aryl methyl sites for hydroxylation is 1. The summed E-state index contributed by atoms with van der Waals surface area (Å²) in [4.78, 5) is 1.00. The van der Waals surface area contributed by atoms with Gasteiger partial charge in [-0.25, -0.2) is 0 Å². The number of thioether (sulfide) groups is 1.